The van der Waals surface area contributed by atoms with E-state index in [0.29, 0.717) is 0 Å². The van der Waals surface area contributed by atoms with Crippen LogP contribution in [0.5, 0.6) is 0 Å². The van der Waals surface area contributed by atoms with Gasteiger partial charge in [-0.2, -0.15) is 0 Å². The molecular formula is C12H21NSi2. The van der Waals surface area contributed by atoms with E-state index in [1.165, 1.54) is 0 Å². The molecule has 0 heterocycles. The fourth-order valence-corrected chi connectivity index (χ4v) is 8.59. The lowest BCUT2D eigenvalue weighted by Gasteiger charge is -2.33. The van der Waals surface area contributed by atoms with Gasteiger partial charge in [0.2, 0.25) is 0 Å². The number of nitrogens with one attached hydrogen (secondary N) is 1. The molecule has 0 saturated heterocycles. The zero-order chi connectivity index (χ0) is 11.9. The van der Waals surface area contributed by atoms with Crippen molar-refractivity contribution in [3.63, 3.8) is 0 Å². The van der Waals surface area contributed by atoms with Gasteiger partial charge in [0.25, 0.3) is 0 Å². The van der Waals surface area contributed by atoms with Crippen LogP contribution in [0.2, 0.25) is 6.04 Å². The van der Waals surface area contributed by atoms with E-state index in [9.17, 15) is 0 Å². The second-order valence-corrected chi connectivity index (χ2v) is 11.2. The lowest BCUT2D eigenvalue weighted by molar-refractivity contribution is 1.28. The highest BCUT2D eigenvalue weighted by Crippen LogP contribution is 2.14. The molecule has 1 N–H and O–H groups in total. The van der Waals surface area contributed by atoms with Crippen LogP contribution in [0.15, 0.2) is 61.4 Å². The van der Waals surface area contributed by atoms with Crippen molar-refractivity contribution in [2.45, 2.75) is 13.0 Å². The Morgan fingerprint density at radius 3 is 1.47 bits per heavy atom. The fraction of sp³-hybridized carbons (Fsp3) is 0.167. The summed E-state index contributed by atoms with van der Waals surface area (Å²) in [5.74, 6) is 0. The first kappa shape index (κ1) is 14.1. The molecule has 0 rings (SSSR count). The van der Waals surface area contributed by atoms with Crippen LogP contribution in [0.25, 0.3) is 0 Å². The molecule has 0 aromatic rings. The van der Waals surface area contributed by atoms with E-state index < -0.39 is 16.5 Å². The monoisotopic (exact) mass is 235 g/mol. The summed E-state index contributed by atoms with van der Waals surface area (Å²) >= 11 is 0. The molecule has 0 saturated carbocycles. The van der Waals surface area contributed by atoms with Crippen LogP contribution in [0.1, 0.15) is 6.92 Å². The molecule has 0 aromatic heterocycles. The largest absolute Gasteiger partial charge is 0.343 e. The summed E-state index contributed by atoms with van der Waals surface area (Å²) in [7, 11) is -3.74. The minimum Gasteiger partial charge on any atom is -0.343 e. The predicted octanol–water partition coefficient (Wildman–Crippen LogP) is 3.11. The standard InChI is InChI=1S/C12H21NSi2/c1-7-14(8-2,9-3)13-15(10-4,11-5)12-6/h7-11,13H,1-5,12H2,6H3. The Morgan fingerprint density at radius 2 is 1.27 bits per heavy atom. The van der Waals surface area contributed by atoms with Gasteiger partial charge < -0.3 is 4.65 Å². The summed E-state index contributed by atoms with van der Waals surface area (Å²) in [6.07, 6.45) is 0. The molecule has 0 unspecified atom stereocenters. The van der Waals surface area contributed by atoms with Crippen molar-refractivity contribution < 1.29 is 0 Å². The third kappa shape index (κ3) is 3.02. The van der Waals surface area contributed by atoms with Gasteiger partial charge in [-0.25, -0.2) is 0 Å². The van der Waals surface area contributed by atoms with Crippen LogP contribution in [0.3, 0.4) is 0 Å². The van der Waals surface area contributed by atoms with E-state index in [0.717, 1.165) is 6.04 Å². The lowest BCUT2D eigenvalue weighted by atomic mass is 11.0. The maximum Gasteiger partial charge on any atom is 0.192 e. The molecule has 15 heavy (non-hydrogen) atoms. The number of hydrogen-bond donors (Lipinski definition) is 1. The molecule has 0 aliphatic carbocycles. The molecule has 0 aliphatic heterocycles. The van der Waals surface area contributed by atoms with Crippen LogP contribution < -0.4 is 4.65 Å². The Labute approximate surface area is 95.8 Å². The van der Waals surface area contributed by atoms with Crippen molar-refractivity contribution in [1.29, 1.82) is 0 Å². The van der Waals surface area contributed by atoms with Crippen molar-refractivity contribution in [3.8, 4) is 0 Å². The molecular weight excluding hydrogens is 214 g/mol. The molecule has 0 aliphatic rings. The minimum atomic E-state index is -1.95. The first-order chi connectivity index (χ1) is 7.07. The fourth-order valence-electron chi connectivity index (χ4n) is 1.37. The average molecular weight is 235 g/mol. The molecule has 0 radical (unpaired) electrons. The third-order valence-electron chi connectivity index (χ3n) is 2.78. The van der Waals surface area contributed by atoms with E-state index in [1.807, 2.05) is 28.5 Å². The number of rotatable bonds is 8. The summed E-state index contributed by atoms with van der Waals surface area (Å²) in [5.41, 5.74) is 9.85. The van der Waals surface area contributed by atoms with Gasteiger partial charge in [0.05, 0.1) is 0 Å². The first-order valence-electron chi connectivity index (χ1n) is 5.05. The van der Waals surface area contributed by atoms with Gasteiger partial charge in [-0.15, -0.1) is 32.9 Å². The van der Waals surface area contributed by atoms with Gasteiger partial charge in [-0.3, -0.25) is 0 Å². The van der Waals surface area contributed by atoms with Crippen LogP contribution >= 0.6 is 0 Å². The van der Waals surface area contributed by atoms with E-state index in [-0.39, 0.29) is 0 Å². The molecule has 82 valence electrons. The van der Waals surface area contributed by atoms with Crippen molar-refractivity contribution in [2.75, 3.05) is 0 Å². The predicted molar refractivity (Wildman–Crippen MR) is 76.1 cm³/mol. The summed E-state index contributed by atoms with van der Waals surface area (Å²) in [4.78, 5) is 0. The van der Waals surface area contributed by atoms with Gasteiger partial charge >= 0.3 is 0 Å². The van der Waals surface area contributed by atoms with Crippen molar-refractivity contribution in [1.82, 2.24) is 4.65 Å². The van der Waals surface area contributed by atoms with Crippen molar-refractivity contribution >= 4 is 16.5 Å². The van der Waals surface area contributed by atoms with E-state index in [2.05, 4.69) is 44.5 Å². The van der Waals surface area contributed by atoms with E-state index >= 15 is 0 Å². The number of hydrogen-bond acceptors (Lipinski definition) is 1. The van der Waals surface area contributed by atoms with Gasteiger partial charge in [-0.1, -0.05) is 35.4 Å². The smallest absolute Gasteiger partial charge is 0.192 e. The molecule has 0 spiro atoms. The summed E-state index contributed by atoms with van der Waals surface area (Å²) in [5, 5.41) is 0. The van der Waals surface area contributed by atoms with Crippen LogP contribution in [-0.2, 0) is 0 Å². The Hall–Kier alpha value is -0.906. The lowest BCUT2D eigenvalue weighted by Crippen LogP contribution is -2.61. The topological polar surface area (TPSA) is 12.0 Å². The van der Waals surface area contributed by atoms with Crippen LogP contribution in [0, 0.1) is 0 Å². The van der Waals surface area contributed by atoms with Gasteiger partial charge in [-0.05, 0) is 6.04 Å². The highest BCUT2D eigenvalue weighted by Gasteiger charge is 2.33. The molecule has 3 heteroatoms. The van der Waals surface area contributed by atoms with Gasteiger partial charge in [0.1, 0.15) is 0 Å². The second kappa shape index (κ2) is 5.85. The van der Waals surface area contributed by atoms with E-state index in [1.54, 1.807) is 0 Å². The quantitative estimate of drug-likeness (QED) is 0.638. The highest BCUT2D eigenvalue weighted by molar-refractivity contribution is 7.03. The molecule has 0 amide bonds. The molecule has 0 fully saturated rings. The minimum absolute atomic E-state index is 1.03. The summed E-state index contributed by atoms with van der Waals surface area (Å²) < 4.78 is 3.67. The first-order valence-corrected chi connectivity index (χ1v) is 9.64. The molecule has 0 bridgehead atoms. The zero-order valence-corrected chi connectivity index (χ0v) is 11.6. The molecule has 0 aromatic carbocycles. The summed E-state index contributed by atoms with van der Waals surface area (Å²) in [6.45, 7) is 21.6. The Balaban J connectivity index is 5.16. The Kier molecular flexibility index (Phi) is 5.50. The maximum atomic E-state index is 3.91. The third-order valence-corrected chi connectivity index (χ3v) is 11.0. The second-order valence-electron chi connectivity index (χ2n) is 3.47. The molecule has 1 nitrogen and oxygen atoms in total. The Morgan fingerprint density at radius 1 is 0.867 bits per heavy atom. The van der Waals surface area contributed by atoms with Crippen LogP contribution in [0.4, 0.5) is 0 Å². The van der Waals surface area contributed by atoms with Crippen molar-refractivity contribution in [3.05, 3.63) is 61.4 Å². The summed E-state index contributed by atoms with van der Waals surface area (Å²) in [6, 6.07) is 1.03. The maximum absolute atomic E-state index is 3.91. The normalized spacial score (nSPS) is 11.5. The van der Waals surface area contributed by atoms with E-state index in [4.69, 9.17) is 0 Å². The Bertz CT molecular complexity index is 252. The molecule has 0 atom stereocenters. The van der Waals surface area contributed by atoms with Crippen LogP contribution in [-0.4, -0.2) is 16.5 Å². The average Bonchev–Trinajstić information content (AvgIpc) is 2.33. The highest BCUT2D eigenvalue weighted by atomic mass is 28.4. The van der Waals surface area contributed by atoms with Crippen molar-refractivity contribution in [2.24, 2.45) is 0 Å². The SMILES string of the molecule is C=C[Si](C=C)(C=C)N[Si](C=C)(C=C)CC. The van der Waals surface area contributed by atoms with Gasteiger partial charge in [0, 0.05) is 0 Å². The zero-order valence-electron chi connectivity index (χ0n) is 9.63. The van der Waals surface area contributed by atoms with Gasteiger partial charge in [0.15, 0.2) is 16.5 Å².